The van der Waals surface area contributed by atoms with Crippen molar-refractivity contribution in [2.45, 2.75) is 57.6 Å². The Morgan fingerprint density at radius 2 is 1.48 bits per heavy atom. The Bertz CT molecular complexity index is 1700. The highest BCUT2D eigenvalue weighted by Gasteiger charge is 2.35. The third-order valence-electron chi connectivity index (χ3n) is 7.29. The minimum atomic E-state index is -4.20. The number of carbonyl (C=O) groups is 2. The smallest absolute Gasteiger partial charge is 0.264 e. The average molecular weight is 707 g/mol. The minimum absolute atomic E-state index is 0.0286. The van der Waals surface area contributed by atoms with Crippen molar-refractivity contribution in [1.82, 2.24) is 10.2 Å². The number of halogens is 1. The number of amides is 2. The summed E-state index contributed by atoms with van der Waals surface area (Å²) in [5, 5.41) is 2.97. The lowest BCUT2D eigenvalue weighted by atomic mass is 10.0. The molecule has 4 rings (SSSR count). The van der Waals surface area contributed by atoms with E-state index in [4.69, 9.17) is 4.74 Å². The molecular weight excluding hydrogens is 666 g/mol. The van der Waals surface area contributed by atoms with Crippen LogP contribution in [-0.4, -0.2) is 50.4 Å². The lowest BCUT2D eigenvalue weighted by Crippen LogP contribution is -2.54. The van der Waals surface area contributed by atoms with Crippen molar-refractivity contribution in [3.63, 3.8) is 0 Å². The number of carbonyl (C=O) groups excluding carboxylic acids is 2. The molecule has 0 aromatic heterocycles. The molecular formula is C36H40BrN3O5S. The fourth-order valence-corrected chi connectivity index (χ4v) is 6.64. The second kappa shape index (κ2) is 15.9. The lowest BCUT2D eigenvalue weighted by molar-refractivity contribution is -0.140. The zero-order valence-electron chi connectivity index (χ0n) is 26.5. The highest BCUT2D eigenvalue weighted by atomic mass is 79.9. The highest BCUT2D eigenvalue weighted by Crippen LogP contribution is 2.28. The molecule has 10 heteroatoms. The normalized spacial score (nSPS) is 12.0. The number of sulfonamides is 1. The first-order chi connectivity index (χ1) is 22.0. The van der Waals surface area contributed by atoms with Crippen LogP contribution in [0.5, 0.6) is 5.75 Å². The van der Waals surface area contributed by atoms with Gasteiger partial charge in [0.15, 0.2) is 0 Å². The van der Waals surface area contributed by atoms with Gasteiger partial charge in [-0.15, -0.1) is 0 Å². The van der Waals surface area contributed by atoms with Crippen molar-refractivity contribution in [2.24, 2.45) is 0 Å². The van der Waals surface area contributed by atoms with E-state index in [1.54, 1.807) is 36.4 Å². The molecule has 0 saturated heterocycles. The second-order valence-electron chi connectivity index (χ2n) is 11.3. The van der Waals surface area contributed by atoms with Gasteiger partial charge in [-0.25, -0.2) is 8.42 Å². The van der Waals surface area contributed by atoms with Crippen LogP contribution in [0.3, 0.4) is 0 Å². The summed E-state index contributed by atoms with van der Waals surface area (Å²) in [6.07, 6.45) is 0.250. The number of ether oxygens (including phenoxy) is 1. The predicted octanol–water partition coefficient (Wildman–Crippen LogP) is 6.52. The van der Waals surface area contributed by atoms with E-state index in [0.717, 1.165) is 25.5 Å². The van der Waals surface area contributed by atoms with E-state index in [0.29, 0.717) is 18.0 Å². The van der Waals surface area contributed by atoms with Gasteiger partial charge in [0, 0.05) is 23.5 Å². The van der Waals surface area contributed by atoms with Crippen LogP contribution in [0.2, 0.25) is 0 Å². The highest BCUT2D eigenvalue weighted by molar-refractivity contribution is 9.10. The summed E-state index contributed by atoms with van der Waals surface area (Å²) in [4.78, 5) is 29.9. The lowest BCUT2D eigenvalue weighted by Gasteiger charge is -2.34. The van der Waals surface area contributed by atoms with Crippen LogP contribution in [0, 0.1) is 6.92 Å². The van der Waals surface area contributed by atoms with Crippen LogP contribution in [0.25, 0.3) is 0 Å². The molecule has 0 bridgehead atoms. The van der Waals surface area contributed by atoms with Crippen molar-refractivity contribution in [3.05, 3.63) is 124 Å². The third kappa shape index (κ3) is 9.20. The van der Waals surface area contributed by atoms with Gasteiger partial charge in [-0.05, 0) is 87.4 Å². The molecule has 0 saturated carbocycles. The van der Waals surface area contributed by atoms with Gasteiger partial charge < -0.3 is 15.0 Å². The molecule has 2 amide bonds. The molecule has 1 N–H and O–H groups in total. The van der Waals surface area contributed by atoms with Crippen molar-refractivity contribution in [2.75, 3.05) is 17.5 Å². The fraction of sp³-hybridized carbons (Fsp3) is 0.278. The maximum Gasteiger partial charge on any atom is 0.264 e. The Hall–Kier alpha value is -4.15. The molecule has 242 valence electrons. The van der Waals surface area contributed by atoms with Crippen LogP contribution < -0.4 is 14.4 Å². The summed E-state index contributed by atoms with van der Waals surface area (Å²) in [6, 6.07) is 29.0. The molecule has 0 heterocycles. The van der Waals surface area contributed by atoms with Gasteiger partial charge in [-0.3, -0.25) is 13.9 Å². The van der Waals surface area contributed by atoms with Crippen LogP contribution in [-0.2, 0) is 32.6 Å². The van der Waals surface area contributed by atoms with E-state index in [2.05, 4.69) is 21.2 Å². The summed E-state index contributed by atoms with van der Waals surface area (Å²) in [5.41, 5.74) is 3.04. The Kier molecular flexibility index (Phi) is 12.0. The topological polar surface area (TPSA) is 96.0 Å². The van der Waals surface area contributed by atoms with Gasteiger partial charge in [0.25, 0.3) is 10.0 Å². The Balaban J connectivity index is 1.80. The molecule has 0 fully saturated rings. The maximum absolute atomic E-state index is 14.5. The van der Waals surface area contributed by atoms with Gasteiger partial charge in [0.1, 0.15) is 18.3 Å². The van der Waals surface area contributed by atoms with Gasteiger partial charge >= 0.3 is 0 Å². The zero-order valence-corrected chi connectivity index (χ0v) is 28.9. The first-order valence-electron chi connectivity index (χ1n) is 15.2. The molecule has 8 nitrogen and oxygen atoms in total. The number of nitrogens with zero attached hydrogens (tertiary/aromatic N) is 2. The summed E-state index contributed by atoms with van der Waals surface area (Å²) in [6.45, 7) is 7.59. The predicted molar refractivity (Wildman–Crippen MR) is 185 cm³/mol. The molecule has 46 heavy (non-hydrogen) atoms. The van der Waals surface area contributed by atoms with E-state index >= 15 is 0 Å². The van der Waals surface area contributed by atoms with Gasteiger partial charge in [-0.2, -0.15) is 0 Å². The summed E-state index contributed by atoms with van der Waals surface area (Å²) >= 11 is 3.36. The molecule has 1 atom stereocenters. The monoisotopic (exact) mass is 705 g/mol. The third-order valence-corrected chi connectivity index (χ3v) is 9.61. The second-order valence-corrected chi connectivity index (χ2v) is 14.0. The summed E-state index contributed by atoms with van der Waals surface area (Å²) in [5.74, 6) is -0.259. The molecule has 0 aliphatic carbocycles. The summed E-state index contributed by atoms with van der Waals surface area (Å²) in [7, 11) is -4.20. The number of nitrogens with one attached hydrogen (secondary N) is 1. The number of rotatable bonds is 14. The zero-order chi connectivity index (χ0) is 33.3. The van der Waals surface area contributed by atoms with E-state index in [9.17, 15) is 18.0 Å². The molecule has 4 aromatic rings. The van der Waals surface area contributed by atoms with Crippen molar-refractivity contribution in [1.29, 1.82) is 0 Å². The van der Waals surface area contributed by atoms with Gasteiger partial charge in [-0.1, -0.05) is 76.1 Å². The first kappa shape index (κ1) is 34.7. The molecule has 0 aliphatic rings. The van der Waals surface area contributed by atoms with Crippen LogP contribution in [0.1, 0.15) is 37.5 Å². The van der Waals surface area contributed by atoms with E-state index in [1.807, 2.05) is 82.3 Å². The number of benzene rings is 4. The van der Waals surface area contributed by atoms with Crippen molar-refractivity contribution < 1.29 is 22.7 Å². The summed E-state index contributed by atoms with van der Waals surface area (Å²) < 4.78 is 35.7. The van der Waals surface area contributed by atoms with Crippen molar-refractivity contribution in [3.8, 4) is 5.75 Å². The number of hydrogen-bond acceptors (Lipinski definition) is 5. The first-order valence-corrected chi connectivity index (χ1v) is 17.4. The SMILES string of the molecule is CCOc1ccc(N(CC(=O)N(Cc2ccc(C)cc2)[C@H](Cc2ccccc2)C(=O)NC(C)C)S(=O)(=O)c2ccc(Br)cc2)cc1. The molecule has 0 radical (unpaired) electrons. The van der Waals surface area contributed by atoms with E-state index in [1.165, 1.54) is 17.0 Å². The largest absolute Gasteiger partial charge is 0.494 e. The molecule has 0 unspecified atom stereocenters. The van der Waals surface area contributed by atoms with E-state index in [-0.39, 0.29) is 29.8 Å². The maximum atomic E-state index is 14.5. The van der Waals surface area contributed by atoms with Gasteiger partial charge in [0.2, 0.25) is 11.8 Å². The fourth-order valence-electron chi connectivity index (χ4n) is 4.96. The van der Waals surface area contributed by atoms with E-state index < -0.39 is 28.5 Å². The van der Waals surface area contributed by atoms with Crippen LogP contribution in [0.4, 0.5) is 5.69 Å². The number of hydrogen-bond donors (Lipinski definition) is 1. The Morgan fingerprint density at radius 3 is 2.07 bits per heavy atom. The Labute approximate surface area is 280 Å². The van der Waals surface area contributed by atoms with Crippen LogP contribution in [0.15, 0.2) is 112 Å². The minimum Gasteiger partial charge on any atom is -0.494 e. The van der Waals surface area contributed by atoms with Crippen molar-refractivity contribution >= 4 is 43.5 Å². The quantitative estimate of drug-likeness (QED) is 0.161. The standard InChI is InChI=1S/C36H40BrN3O5S/c1-5-45-32-19-17-31(18-20-32)40(46(43,44)33-21-15-30(37)16-22-33)25-35(41)39(24-29-13-11-27(4)12-14-29)34(36(42)38-26(2)3)23-28-9-7-6-8-10-28/h6-22,26,34H,5,23-25H2,1-4H3,(H,38,42)/t34-/m1/s1. The molecule has 4 aromatic carbocycles. The number of aryl methyl sites for hydroxylation is 1. The Morgan fingerprint density at radius 1 is 0.848 bits per heavy atom. The number of anilines is 1. The molecule has 0 aliphatic heterocycles. The molecule has 0 spiro atoms. The van der Waals surface area contributed by atoms with Crippen LogP contribution >= 0.6 is 15.9 Å². The average Bonchev–Trinajstić information content (AvgIpc) is 3.03. The van der Waals surface area contributed by atoms with Gasteiger partial charge in [0.05, 0.1) is 17.2 Å².